The van der Waals surface area contributed by atoms with E-state index < -0.39 is 0 Å². The second-order valence-electron chi connectivity index (χ2n) is 3.99. The van der Waals surface area contributed by atoms with Gasteiger partial charge in [-0.05, 0) is 30.2 Å². The van der Waals surface area contributed by atoms with Gasteiger partial charge in [-0.15, -0.1) is 23.2 Å². The molecule has 0 radical (unpaired) electrons. The number of halogens is 2. The lowest BCUT2D eigenvalue weighted by Gasteiger charge is -2.25. The Bertz CT molecular complexity index is 368. The van der Waals surface area contributed by atoms with Crippen molar-refractivity contribution in [1.82, 2.24) is 0 Å². The van der Waals surface area contributed by atoms with E-state index in [2.05, 4.69) is 28.4 Å². The average molecular weight is 259 g/mol. The molecule has 1 unspecified atom stereocenters. The lowest BCUT2D eigenvalue weighted by atomic mass is 10.1. The lowest BCUT2D eigenvalue weighted by molar-refractivity contribution is 0.698. The van der Waals surface area contributed by atoms with Crippen LogP contribution in [0.4, 0.5) is 11.4 Å². The van der Waals surface area contributed by atoms with Gasteiger partial charge in [-0.1, -0.05) is 0 Å². The molecule has 1 aliphatic heterocycles. The quantitative estimate of drug-likeness (QED) is 0.836. The normalized spacial score (nSPS) is 18.7. The molecule has 1 aliphatic rings. The summed E-state index contributed by atoms with van der Waals surface area (Å²) in [5, 5.41) is 3.16. The molecular formula is C12H16Cl2N2. The van der Waals surface area contributed by atoms with Gasteiger partial charge in [-0.2, -0.15) is 0 Å². The SMILES string of the molecule is CNc1ccc2c(c1)CC(CCl)N2CCCl. The molecule has 88 valence electrons. The summed E-state index contributed by atoms with van der Waals surface area (Å²) in [6.07, 6.45) is 1.02. The maximum absolute atomic E-state index is 6.00. The number of fused-ring (bicyclic) bond motifs is 1. The molecule has 0 aliphatic carbocycles. The molecule has 0 amide bonds. The molecule has 1 N–H and O–H groups in total. The fraction of sp³-hybridized carbons (Fsp3) is 0.500. The van der Waals surface area contributed by atoms with Gasteiger partial charge in [0.25, 0.3) is 0 Å². The second kappa shape index (κ2) is 5.15. The smallest absolute Gasteiger partial charge is 0.0467 e. The van der Waals surface area contributed by atoms with Gasteiger partial charge < -0.3 is 10.2 Å². The summed E-state index contributed by atoms with van der Waals surface area (Å²) in [5.74, 6) is 1.29. The molecule has 0 fully saturated rings. The summed E-state index contributed by atoms with van der Waals surface area (Å²) < 4.78 is 0. The third-order valence-electron chi connectivity index (χ3n) is 3.08. The minimum Gasteiger partial charge on any atom is -0.388 e. The molecule has 0 bridgehead atoms. The highest BCUT2D eigenvalue weighted by Gasteiger charge is 2.27. The first kappa shape index (κ1) is 11.9. The van der Waals surface area contributed by atoms with Gasteiger partial charge in [0.15, 0.2) is 0 Å². The van der Waals surface area contributed by atoms with Crippen LogP contribution >= 0.6 is 23.2 Å². The fourth-order valence-corrected chi connectivity index (χ4v) is 2.74. The Kier molecular flexibility index (Phi) is 3.82. The number of anilines is 2. The van der Waals surface area contributed by atoms with Crippen LogP contribution in [0.1, 0.15) is 5.56 Å². The molecule has 1 heterocycles. The lowest BCUT2D eigenvalue weighted by Crippen LogP contribution is -2.34. The topological polar surface area (TPSA) is 15.3 Å². The highest BCUT2D eigenvalue weighted by molar-refractivity contribution is 6.19. The Hall–Kier alpha value is -0.600. The van der Waals surface area contributed by atoms with Crippen LogP contribution in [0.2, 0.25) is 0 Å². The Morgan fingerprint density at radius 1 is 1.44 bits per heavy atom. The van der Waals surface area contributed by atoms with Crippen LogP contribution in [0, 0.1) is 0 Å². The third-order valence-corrected chi connectivity index (χ3v) is 3.60. The Labute approximate surface area is 107 Å². The molecule has 16 heavy (non-hydrogen) atoms. The highest BCUT2D eigenvalue weighted by Crippen LogP contribution is 2.34. The van der Waals surface area contributed by atoms with Gasteiger partial charge >= 0.3 is 0 Å². The van der Waals surface area contributed by atoms with E-state index in [0.29, 0.717) is 17.8 Å². The summed E-state index contributed by atoms with van der Waals surface area (Å²) in [4.78, 5) is 2.31. The van der Waals surface area contributed by atoms with Gasteiger partial charge in [-0.3, -0.25) is 0 Å². The van der Waals surface area contributed by atoms with Crippen LogP contribution < -0.4 is 10.2 Å². The van der Waals surface area contributed by atoms with Crippen molar-refractivity contribution in [2.75, 3.05) is 35.6 Å². The van der Waals surface area contributed by atoms with Crippen molar-refractivity contribution in [2.24, 2.45) is 0 Å². The summed E-state index contributed by atoms with van der Waals surface area (Å²) in [6, 6.07) is 6.84. The van der Waals surface area contributed by atoms with Gasteiger partial charge in [0.05, 0.1) is 0 Å². The molecular weight excluding hydrogens is 243 g/mol. The van der Waals surface area contributed by atoms with Crippen molar-refractivity contribution in [2.45, 2.75) is 12.5 Å². The number of hydrogen-bond acceptors (Lipinski definition) is 2. The van der Waals surface area contributed by atoms with E-state index in [1.165, 1.54) is 11.3 Å². The van der Waals surface area contributed by atoms with E-state index in [0.717, 1.165) is 18.7 Å². The largest absolute Gasteiger partial charge is 0.388 e. The molecule has 0 saturated carbocycles. The van der Waals surface area contributed by atoms with Crippen molar-refractivity contribution in [3.63, 3.8) is 0 Å². The van der Waals surface area contributed by atoms with E-state index in [4.69, 9.17) is 23.2 Å². The number of hydrogen-bond donors (Lipinski definition) is 1. The highest BCUT2D eigenvalue weighted by atomic mass is 35.5. The summed E-state index contributed by atoms with van der Waals surface area (Å²) in [7, 11) is 1.94. The van der Waals surface area contributed by atoms with E-state index >= 15 is 0 Å². The summed E-state index contributed by atoms with van der Waals surface area (Å²) >= 11 is 11.8. The molecule has 1 aromatic rings. The van der Waals surface area contributed by atoms with Crippen molar-refractivity contribution in [3.05, 3.63) is 23.8 Å². The van der Waals surface area contributed by atoms with Crippen LogP contribution in [0.25, 0.3) is 0 Å². The Morgan fingerprint density at radius 2 is 2.25 bits per heavy atom. The van der Waals surface area contributed by atoms with Crippen molar-refractivity contribution < 1.29 is 0 Å². The van der Waals surface area contributed by atoms with Crippen LogP contribution in [0.3, 0.4) is 0 Å². The minimum absolute atomic E-state index is 0.391. The maximum atomic E-state index is 6.00. The van der Waals surface area contributed by atoms with Crippen LogP contribution in [0.15, 0.2) is 18.2 Å². The minimum atomic E-state index is 0.391. The van der Waals surface area contributed by atoms with Crippen molar-refractivity contribution in [1.29, 1.82) is 0 Å². The van der Waals surface area contributed by atoms with E-state index in [1.807, 2.05) is 7.05 Å². The number of nitrogens with zero attached hydrogens (tertiary/aromatic N) is 1. The Morgan fingerprint density at radius 3 is 2.88 bits per heavy atom. The predicted molar refractivity (Wildman–Crippen MR) is 72.3 cm³/mol. The first-order valence-corrected chi connectivity index (χ1v) is 6.56. The average Bonchev–Trinajstić information content (AvgIpc) is 2.67. The van der Waals surface area contributed by atoms with E-state index in [9.17, 15) is 0 Å². The summed E-state index contributed by atoms with van der Waals surface area (Å²) in [6.45, 7) is 0.866. The zero-order valence-electron chi connectivity index (χ0n) is 9.34. The predicted octanol–water partition coefficient (Wildman–Crippen LogP) is 2.94. The van der Waals surface area contributed by atoms with Crippen LogP contribution in [0.5, 0.6) is 0 Å². The van der Waals surface area contributed by atoms with Crippen LogP contribution in [-0.4, -0.2) is 31.4 Å². The zero-order valence-corrected chi connectivity index (χ0v) is 10.9. The molecule has 4 heteroatoms. The molecule has 0 spiro atoms. The second-order valence-corrected chi connectivity index (χ2v) is 4.67. The number of rotatable bonds is 4. The zero-order chi connectivity index (χ0) is 11.5. The molecule has 2 rings (SSSR count). The van der Waals surface area contributed by atoms with Gasteiger partial charge in [0.2, 0.25) is 0 Å². The van der Waals surface area contributed by atoms with Gasteiger partial charge in [-0.25, -0.2) is 0 Å². The monoisotopic (exact) mass is 258 g/mol. The van der Waals surface area contributed by atoms with Crippen LogP contribution in [-0.2, 0) is 6.42 Å². The van der Waals surface area contributed by atoms with E-state index in [1.54, 1.807) is 0 Å². The standard InChI is InChI=1S/C12H16Cl2N2/c1-15-10-2-3-12-9(6-10)7-11(8-14)16(12)5-4-13/h2-3,6,11,15H,4-5,7-8H2,1H3. The molecule has 0 aromatic heterocycles. The molecule has 1 atom stereocenters. The van der Waals surface area contributed by atoms with Crippen molar-refractivity contribution in [3.8, 4) is 0 Å². The fourth-order valence-electron chi connectivity index (χ4n) is 2.28. The first-order chi connectivity index (χ1) is 7.80. The maximum Gasteiger partial charge on any atom is 0.0467 e. The number of alkyl halides is 2. The van der Waals surface area contributed by atoms with E-state index in [-0.39, 0.29) is 0 Å². The molecule has 2 nitrogen and oxygen atoms in total. The van der Waals surface area contributed by atoms with Gasteiger partial charge in [0.1, 0.15) is 0 Å². The third kappa shape index (κ3) is 2.09. The van der Waals surface area contributed by atoms with Crippen molar-refractivity contribution >= 4 is 34.6 Å². The first-order valence-electron chi connectivity index (χ1n) is 5.49. The number of benzene rings is 1. The Balaban J connectivity index is 2.29. The van der Waals surface area contributed by atoms with Gasteiger partial charge in [0, 0.05) is 42.8 Å². The molecule has 0 saturated heterocycles. The number of nitrogens with one attached hydrogen (secondary N) is 1. The molecule has 1 aromatic carbocycles. The summed E-state index contributed by atoms with van der Waals surface area (Å²) in [5.41, 5.74) is 3.80.